The topological polar surface area (TPSA) is 36.9 Å². The van der Waals surface area contributed by atoms with Gasteiger partial charge in [-0.2, -0.15) is 5.10 Å². The number of hydrogen-bond donors (Lipinski definition) is 1. The van der Waals surface area contributed by atoms with E-state index in [9.17, 15) is 0 Å². The Morgan fingerprint density at radius 2 is 2.14 bits per heavy atom. The Bertz CT molecular complexity index is 602. The molecule has 0 unspecified atom stereocenters. The molecule has 1 atom stereocenters. The molecule has 1 aliphatic heterocycles. The monoisotopic (exact) mass is 286 g/mol. The molecule has 114 valence electrons. The first-order chi connectivity index (χ1) is 10.0. The van der Waals surface area contributed by atoms with Crippen molar-refractivity contribution >= 4 is 0 Å². The van der Waals surface area contributed by atoms with Gasteiger partial charge in [-0.1, -0.05) is 27.7 Å². The summed E-state index contributed by atoms with van der Waals surface area (Å²) in [7, 11) is 0. The lowest BCUT2D eigenvalue weighted by Crippen LogP contribution is -2.37. The standard InChI is InChI=1S/C17H26N4/c1-5-14-15-7-6-8-20(15)9-10-21(14)12-13-11-18-19-16(13)17(2,3)4/h6-8,11,14H,5,9-10,12H2,1-4H3,(H,18,19)/t14-/m0/s1. The predicted molar refractivity (Wildman–Crippen MR) is 85.2 cm³/mol. The first-order valence-electron chi connectivity index (χ1n) is 7.92. The first kappa shape index (κ1) is 14.4. The molecule has 0 radical (unpaired) electrons. The summed E-state index contributed by atoms with van der Waals surface area (Å²) in [6, 6.07) is 4.94. The van der Waals surface area contributed by atoms with Gasteiger partial charge in [-0.05, 0) is 18.6 Å². The maximum Gasteiger partial charge on any atom is 0.0535 e. The van der Waals surface area contributed by atoms with E-state index < -0.39 is 0 Å². The summed E-state index contributed by atoms with van der Waals surface area (Å²) in [5, 5.41) is 7.48. The molecule has 0 saturated heterocycles. The van der Waals surface area contributed by atoms with Gasteiger partial charge in [0.05, 0.1) is 12.2 Å². The van der Waals surface area contributed by atoms with E-state index in [0.717, 1.165) is 26.1 Å². The van der Waals surface area contributed by atoms with Crippen LogP contribution >= 0.6 is 0 Å². The van der Waals surface area contributed by atoms with Crippen LogP contribution < -0.4 is 0 Å². The van der Waals surface area contributed by atoms with Gasteiger partial charge in [-0.15, -0.1) is 0 Å². The molecule has 3 rings (SSSR count). The van der Waals surface area contributed by atoms with Crippen LogP contribution in [0.2, 0.25) is 0 Å². The minimum absolute atomic E-state index is 0.115. The van der Waals surface area contributed by atoms with Crippen molar-refractivity contribution in [2.24, 2.45) is 0 Å². The lowest BCUT2D eigenvalue weighted by molar-refractivity contribution is 0.143. The summed E-state index contributed by atoms with van der Waals surface area (Å²) >= 11 is 0. The zero-order valence-electron chi connectivity index (χ0n) is 13.6. The number of hydrogen-bond acceptors (Lipinski definition) is 2. The molecule has 4 nitrogen and oxygen atoms in total. The third-order valence-electron chi connectivity index (χ3n) is 4.50. The van der Waals surface area contributed by atoms with E-state index in [1.807, 2.05) is 6.20 Å². The highest BCUT2D eigenvalue weighted by Crippen LogP contribution is 2.32. The molecule has 0 amide bonds. The number of rotatable bonds is 3. The van der Waals surface area contributed by atoms with Gasteiger partial charge < -0.3 is 4.57 Å². The third-order valence-corrected chi connectivity index (χ3v) is 4.50. The SMILES string of the molecule is CC[C@H]1c2cccn2CCN1Cc1cn[nH]c1C(C)(C)C. The van der Waals surface area contributed by atoms with Crippen molar-refractivity contribution in [3.63, 3.8) is 0 Å². The van der Waals surface area contributed by atoms with Gasteiger partial charge in [0, 0.05) is 48.2 Å². The molecule has 1 aliphatic rings. The molecule has 0 aliphatic carbocycles. The molecule has 3 heterocycles. The van der Waals surface area contributed by atoms with Crippen molar-refractivity contribution in [3.05, 3.63) is 41.5 Å². The van der Waals surface area contributed by atoms with Crippen LogP contribution in [0.25, 0.3) is 0 Å². The van der Waals surface area contributed by atoms with E-state index in [2.05, 4.69) is 65.7 Å². The number of H-pyrrole nitrogens is 1. The summed E-state index contributed by atoms with van der Waals surface area (Å²) < 4.78 is 2.39. The van der Waals surface area contributed by atoms with Gasteiger partial charge in [0.1, 0.15) is 0 Å². The molecule has 0 saturated carbocycles. The van der Waals surface area contributed by atoms with Crippen molar-refractivity contribution in [1.29, 1.82) is 0 Å². The molecule has 0 spiro atoms. The van der Waals surface area contributed by atoms with Crippen molar-refractivity contribution in [3.8, 4) is 0 Å². The molecule has 2 aromatic heterocycles. The highest BCUT2D eigenvalue weighted by atomic mass is 15.2. The second-order valence-electron chi connectivity index (χ2n) is 7.04. The maximum atomic E-state index is 4.28. The number of nitrogens with one attached hydrogen (secondary N) is 1. The average molecular weight is 286 g/mol. The molecule has 0 aromatic carbocycles. The van der Waals surface area contributed by atoms with Gasteiger partial charge in [0.25, 0.3) is 0 Å². The second-order valence-corrected chi connectivity index (χ2v) is 7.04. The lowest BCUT2D eigenvalue weighted by atomic mass is 9.89. The Labute approximate surface area is 127 Å². The minimum atomic E-state index is 0.115. The minimum Gasteiger partial charge on any atom is -0.349 e. The highest BCUT2D eigenvalue weighted by Gasteiger charge is 2.28. The summed E-state index contributed by atoms with van der Waals surface area (Å²) in [6.07, 6.45) is 5.35. The van der Waals surface area contributed by atoms with Crippen LogP contribution in [0.15, 0.2) is 24.5 Å². The smallest absolute Gasteiger partial charge is 0.0535 e. The molecular weight excluding hydrogens is 260 g/mol. The highest BCUT2D eigenvalue weighted by molar-refractivity contribution is 5.24. The van der Waals surface area contributed by atoms with Crippen molar-refractivity contribution in [2.45, 2.75) is 58.7 Å². The van der Waals surface area contributed by atoms with Gasteiger partial charge >= 0.3 is 0 Å². The zero-order chi connectivity index (χ0) is 15.0. The predicted octanol–water partition coefficient (Wildman–Crippen LogP) is 3.48. The van der Waals surface area contributed by atoms with Crippen LogP contribution in [0.4, 0.5) is 0 Å². The van der Waals surface area contributed by atoms with E-state index >= 15 is 0 Å². The molecule has 1 N–H and O–H groups in total. The van der Waals surface area contributed by atoms with E-state index in [1.165, 1.54) is 17.0 Å². The van der Waals surface area contributed by atoms with Gasteiger partial charge in [-0.3, -0.25) is 10.00 Å². The van der Waals surface area contributed by atoms with E-state index in [-0.39, 0.29) is 5.41 Å². The fourth-order valence-electron chi connectivity index (χ4n) is 3.47. The lowest BCUT2D eigenvalue weighted by Gasteiger charge is -2.37. The second kappa shape index (κ2) is 5.34. The van der Waals surface area contributed by atoms with Crippen molar-refractivity contribution < 1.29 is 0 Å². The van der Waals surface area contributed by atoms with Crippen LogP contribution in [0.5, 0.6) is 0 Å². The van der Waals surface area contributed by atoms with E-state index in [0.29, 0.717) is 6.04 Å². The Morgan fingerprint density at radius 1 is 1.33 bits per heavy atom. The summed E-state index contributed by atoms with van der Waals surface area (Å²) in [4.78, 5) is 2.59. The number of fused-ring (bicyclic) bond motifs is 1. The van der Waals surface area contributed by atoms with Crippen molar-refractivity contribution in [1.82, 2.24) is 19.7 Å². The first-order valence-corrected chi connectivity index (χ1v) is 7.92. The van der Waals surface area contributed by atoms with Gasteiger partial charge in [-0.25, -0.2) is 0 Å². The van der Waals surface area contributed by atoms with E-state index in [1.54, 1.807) is 0 Å². The Kier molecular flexibility index (Phi) is 3.66. The fraction of sp³-hybridized carbons (Fsp3) is 0.588. The van der Waals surface area contributed by atoms with E-state index in [4.69, 9.17) is 0 Å². The largest absolute Gasteiger partial charge is 0.349 e. The van der Waals surface area contributed by atoms with Gasteiger partial charge in [0.15, 0.2) is 0 Å². The quantitative estimate of drug-likeness (QED) is 0.938. The maximum absolute atomic E-state index is 4.28. The zero-order valence-corrected chi connectivity index (χ0v) is 13.6. The molecule has 0 fully saturated rings. The number of nitrogens with zero attached hydrogens (tertiary/aromatic N) is 3. The van der Waals surface area contributed by atoms with Crippen LogP contribution in [0.1, 0.15) is 57.1 Å². The molecule has 4 heteroatoms. The number of aromatic nitrogens is 3. The number of aromatic amines is 1. The Hall–Kier alpha value is -1.55. The fourth-order valence-corrected chi connectivity index (χ4v) is 3.47. The molecular formula is C17H26N4. The summed E-state index contributed by atoms with van der Waals surface area (Å²) in [5.41, 5.74) is 4.16. The van der Waals surface area contributed by atoms with Crippen LogP contribution in [0.3, 0.4) is 0 Å². The van der Waals surface area contributed by atoms with Crippen LogP contribution in [0, 0.1) is 0 Å². The molecule has 0 bridgehead atoms. The van der Waals surface area contributed by atoms with Crippen molar-refractivity contribution in [2.75, 3.05) is 6.54 Å². The molecule has 21 heavy (non-hydrogen) atoms. The Morgan fingerprint density at radius 3 is 2.86 bits per heavy atom. The Balaban J connectivity index is 1.84. The third kappa shape index (κ3) is 2.64. The summed E-state index contributed by atoms with van der Waals surface area (Å²) in [6.45, 7) is 12.2. The molecule has 2 aromatic rings. The summed E-state index contributed by atoms with van der Waals surface area (Å²) in [5.74, 6) is 0. The normalized spacial score (nSPS) is 19.7. The van der Waals surface area contributed by atoms with Gasteiger partial charge in [0.2, 0.25) is 0 Å². The van der Waals surface area contributed by atoms with Crippen LogP contribution in [-0.2, 0) is 18.5 Å². The van der Waals surface area contributed by atoms with Crippen LogP contribution in [-0.4, -0.2) is 26.2 Å². The average Bonchev–Trinajstić information content (AvgIpc) is 3.05.